The van der Waals surface area contributed by atoms with E-state index in [-0.39, 0.29) is 5.60 Å². The molecule has 3 rings (SSSR count). The standard InChI is InChI=1S/C13H20N4OS/c1-4-10-14-15-11(17(10)9-5-6-9)8-19-12-7-13(2,3)18-16-12/h7,9,16H,4-6,8H2,1-3H3. The quantitative estimate of drug-likeness (QED) is 0.898. The Balaban J connectivity index is 1.69. The third-order valence-corrected chi connectivity index (χ3v) is 4.23. The summed E-state index contributed by atoms with van der Waals surface area (Å²) in [6.07, 6.45) is 5.58. The normalized spacial score (nSPS) is 21.3. The van der Waals surface area contributed by atoms with Crippen molar-refractivity contribution in [3.05, 3.63) is 22.8 Å². The predicted molar refractivity (Wildman–Crippen MR) is 75.3 cm³/mol. The fourth-order valence-electron chi connectivity index (χ4n) is 2.22. The van der Waals surface area contributed by atoms with E-state index in [1.54, 1.807) is 11.8 Å². The lowest BCUT2D eigenvalue weighted by Gasteiger charge is -2.11. The number of hydrogen-bond donors (Lipinski definition) is 1. The number of nitrogens with one attached hydrogen (secondary N) is 1. The van der Waals surface area contributed by atoms with Gasteiger partial charge in [-0.05, 0) is 32.8 Å². The highest BCUT2D eigenvalue weighted by molar-refractivity contribution is 8.02. The molecular weight excluding hydrogens is 260 g/mol. The van der Waals surface area contributed by atoms with Crippen molar-refractivity contribution in [2.75, 3.05) is 0 Å². The minimum atomic E-state index is -0.221. The number of aryl methyl sites for hydroxylation is 1. The van der Waals surface area contributed by atoms with E-state index in [4.69, 9.17) is 4.84 Å². The molecule has 1 aliphatic carbocycles. The number of hydroxylamine groups is 1. The molecule has 0 spiro atoms. The number of hydrogen-bond acceptors (Lipinski definition) is 5. The van der Waals surface area contributed by atoms with E-state index in [9.17, 15) is 0 Å². The van der Waals surface area contributed by atoms with Crippen LogP contribution in [0.4, 0.5) is 0 Å². The summed E-state index contributed by atoms with van der Waals surface area (Å²) >= 11 is 1.72. The van der Waals surface area contributed by atoms with Crippen molar-refractivity contribution in [3.8, 4) is 0 Å². The molecule has 5 nitrogen and oxygen atoms in total. The first-order chi connectivity index (χ1) is 9.09. The van der Waals surface area contributed by atoms with Crippen molar-refractivity contribution in [1.82, 2.24) is 20.2 Å². The first-order valence-electron chi connectivity index (χ1n) is 6.81. The van der Waals surface area contributed by atoms with E-state index in [1.807, 2.05) is 13.8 Å². The number of nitrogens with zero attached hydrogens (tertiary/aromatic N) is 3. The van der Waals surface area contributed by atoms with Crippen molar-refractivity contribution in [1.29, 1.82) is 0 Å². The molecule has 0 amide bonds. The maximum Gasteiger partial charge on any atom is 0.143 e. The van der Waals surface area contributed by atoms with Crippen LogP contribution in [0.5, 0.6) is 0 Å². The molecule has 1 saturated carbocycles. The third kappa shape index (κ3) is 2.79. The Labute approximate surface area is 117 Å². The van der Waals surface area contributed by atoms with E-state index >= 15 is 0 Å². The molecule has 104 valence electrons. The van der Waals surface area contributed by atoms with Crippen LogP contribution in [0.25, 0.3) is 0 Å². The first-order valence-corrected chi connectivity index (χ1v) is 7.80. The minimum absolute atomic E-state index is 0.221. The Bertz CT molecular complexity index is 505. The van der Waals surface area contributed by atoms with Crippen molar-refractivity contribution in [3.63, 3.8) is 0 Å². The van der Waals surface area contributed by atoms with Gasteiger partial charge in [0.2, 0.25) is 0 Å². The molecule has 2 heterocycles. The van der Waals surface area contributed by atoms with Gasteiger partial charge in [-0.25, -0.2) is 0 Å². The van der Waals surface area contributed by atoms with E-state index < -0.39 is 0 Å². The molecule has 1 N–H and O–H groups in total. The second-order valence-corrected chi connectivity index (χ2v) is 6.61. The summed E-state index contributed by atoms with van der Waals surface area (Å²) in [5.74, 6) is 3.03. The largest absolute Gasteiger partial charge is 0.311 e. The lowest BCUT2D eigenvalue weighted by Crippen LogP contribution is -2.20. The summed E-state index contributed by atoms with van der Waals surface area (Å²) in [7, 11) is 0. The summed E-state index contributed by atoms with van der Waals surface area (Å²) in [5.41, 5.74) is 2.75. The molecule has 0 radical (unpaired) electrons. The van der Waals surface area contributed by atoms with Crippen LogP contribution in [0.3, 0.4) is 0 Å². The van der Waals surface area contributed by atoms with Crippen LogP contribution in [0.15, 0.2) is 11.1 Å². The van der Waals surface area contributed by atoms with Crippen molar-refractivity contribution < 1.29 is 4.84 Å². The topological polar surface area (TPSA) is 52.0 Å². The fourth-order valence-corrected chi connectivity index (χ4v) is 3.17. The smallest absolute Gasteiger partial charge is 0.143 e. The Kier molecular flexibility index (Phi) is 3.30. The van der Waals surface area contributed by atoms with Crippen LogP contribution >= 0.6 is 11.8 Å². The molecule has 2 aliphatic rings. The van der Waals surface area contributed by atoms with Gasteiger partial charge in [0.15, 0.2) is 0 Å². The summed E-state index contributed by atoms with van der Waals surface area (Å²) in [6.45, 7) is 6.21. The maximum atomic E-state index is 5.45. The molecule has 1 fully saturated rings. The second kappa shape index (κ2) is 4.83. The summed E-state index contributed by atoms with van der Waals surface area (Å²) < 4.78 is 2.33. The van der Waals surface area contributed by atoms with Gasteiger partial charge in [0.25, 0.3) is 0 Å². The third-order valence-electron chi connectivity index (χ3n) is 3.32. The molecule has 0 unspecified atom stereocenters. The summed E-state index contributed by atoms with van der Waals surface area (Å²) in [4.78, 5) is 5.45. The Hall–Kier alpha value is -1.01. The number of rotatable bonds is 5. The molecule has 6 heteroatoms. The van der Waals surface area contributed by atoms with Crippen LogP contribution in [0.2, 0.25) is 0 Å². The molecule has 1 aliphatic heterocycles. The average molecular weight is 280 g/mol. The van der Waals surface area contributed by atoms with Crippen molar-refractivity contribution in [2.45, 2.75) is 57.4 Å². The van der Waals surface area contributed by atoms with E-state index in [2.05, 4.69) is 33.2 Å². The number of thioether (sulfide) groups is 1. The Morgan fingerprint density at radius 1 is 1.42 bits per heavy atom. The van der Waals surface area contributed by atoms with E-state index in [0.29, 0.717) is 6.04 Å². The van der Waals surface area contributed by atoms with E-state index in [0.717, 1.165) is 28.9 Å². The monoisotopic (exact) mass is 280 g/mol. The van der Waals surface area contributed by atoms with Crippen LogP contribution < -0.4 is 5.48 Å². The van der Waals surface area contributed by atoms with Crippen LogP contribution in [0, 0.1) is 0 Å². The van der Waals surface area contributed by atoms with Gasteiger partial charge in [0.1, 0.15) is 17.2 Å². The van der Waals surface area contributed by atoms with Gasteiger partial charge in [-0.3, -0.25) is 10.3 Å². The van der Waals surface area contributed by atoms with Gasteiger partial charge in [-0.1, -0.05) is 18.7 Å². The SMILES string of the molecule is CCc1nnc(CSC2=CC(C)(C)ON2)n1C1CC1. The molecule has 1 aromatic heterocycles. The highest BCUT2D eigenvalue weighted by Crippen LogP contribution is 2.38. The average Bonchev–Trinajstić information content (AvgIpc) is 3.03. The van der Waals surface area contributed by atoms with Gasteiger partial charge in [0, 0.05) is 12.5 Å². The van der Waals surface area contributed by atoms with Crippen LogP contribution in [-0.4, -0.2) is 20.4 Å². The van der Waals surface area contributed by atoms with Gasteiger partial charge in [0.05, 0.1) is 10.8 Å². The second-order valence-electron chi connectivity index (χ2n) is 5.59. The zero-order chi connectivity index (χ0) is 13.5. The Morgan fingerprint density at radius 2 is 2.16 bits per heavy atom. The molecule has 0 aromatic carbocycles. The lowest BCUT2D eigenvalue weighted by molar-refractivity contribution is -0.0126. The molecule has 0 bridgehead atoms. The zero-order valence-electron chi connectivity index (χ0n) is 11.6. The van der Waals surface area contributed by atoms with Gasteiger partial charge >= 0.3 is 0 Å². The molecule has 0 saturated heterocycles. The van der Waals surface area contributed by atoms with Crippen LogP contribution in [0.1, 0.15) is 51.3 Å². The zero-order valence-corrected chi connectivity index (χ0v) is 12.5. The minimum Gasteiger partial charge on any atom is -0.311 e. The van der Waals surface area contributed by atoms with E-state index in [1.165, 1.54) is 12.8 Å². The van der Waals surface area contributed by atoms with Gasteiger partial charge < -0.3 is 4.57 Å². The van der Waals surface area contributed by atoms with Gasteiger partial charge in [-0.2, -0.15) is 0 Å². The lowest BCUT2D eigenvalue weighted by atomic mass is 10.1. The molecular formula is C13H20N4OS. The molecule has 19 heavy (non-hydrogen) atoms. The maximum absolute atomic E-state index is 5.45. The van der Waals surface area contributed by atoms with Crippen molar-refractivity contribution >= 4 is 11.8 Å². The molecule has 0 atom stereocenters. The highest BCUT2D eigenvalue weighted by atomic mass is 32.2. The number of aromatic nitrogens is 3. The van der Waals surface area contributed by atoms with Crippen molar-refractivity contribution in [2.24, 2.45) is 0 Å². The first kappa shape index (κ1) is 13.0. The fraction of sp³-hybridized carbons (Fsp3) is 0.692. The van der Waals surface area contributed by atoms with Crippen LogP contribution in [-0.2, 0) is 17.0 Å². The highest BCUT2D eigenvalue weighted by Gasteiger charge is 2.29. The summed E-state index contributed by atoms with van der Waals surface area (Å²) in [6, 6.07) is 0.638. The predicted octanol–water partition coefficient (Wildman–Crippen LogP) is 2.56. The Morgan fingerprint density at radius 3 is 2.74 bits per heavy atom. The molecule has 1 aromatic rings. The van der Waals surface area contributed by atoms with Gasteiger partial charge in [-0.15, -0.1) is 10.2 Å². The summed E-state index contributed by atoms with van der Waals surface area (Å²) in [5, 5.41) is 9.70.